The largest absolute Gasteiger partial charge is 0.469 e. The van der Waals surface area contributed by atoms with Gasteiger partial charge in [0.1, 0.15) is 0 Å². The minimum Gasteiger partial charge on any atom is -0.469 e. The summed E-state index contributed by atoms with van der Waals surface area (Å²) < 4.78 is 36.8. The van der Waals surface area contributed by atoms with E-state index in [9.17, 15) is 13.2 Å². The Hall–Kier alpha value is -1.44. The third-order valence-electron chi connectivity index (χ3n) is 4.04. The van der Waals surface area contributed by atoms with E-state index in [1.807, 2.05) is 30.3 Å². The monoisotopic (exact) mass is 341 g/mol. The molecule has 0 saturated heterocycles. The molecule has 3 atom stereocenters. The number of methoxy groups -OCH3 is 2. The molecule has 1 saturated carbocycles. The van der Waals surface area contributed by atoms with Crippen LogP contribution < -0.4 is 4.72 Å². The summed E-state index contributed by atoms with van der Waals surface area (Å²) >= 11 is 0. The number of carbonyl (C=O) groups is 1. The molecule has 0 bridgehead atoms. The second-order valence-electron chi connectivity index (χ2n) is 5.80. The lowest BCUT2D eigenvalue weighted by atomic mass is 10.1. The Kier molecular flexibility index (Phi) is 6.15. The molecule has 1 aliphatic carbocycles. The van der Waals surface area contributed by atoms with Crippen molar-refractivity contribution in [3.63, 3.8) is 0 Å². The van der Waals surface area contributed by atoms with Gasteiger partial charge in [-0.1, -0.05) is 30.3 Å². The van der Waals surface area contributed by atoms with Gasteiger partial charge in [0.05, 0.1) is 24.9 Å². The predicted octanol–water partition coefficient (Wildman–Crippen LogP) is 0.973. The maximum absolute atomic E-state index is 12.2. The molecular weight excluding hydrogens is 318 g/mol. The highest BCUT2D eigenvalue weighted by Gasteiger charge is 2.44. The van der Waals surface area contributed by atoms with Crippen LogP contribution in [0.25, 0.3) is 0 Å². The summed E-state index contributed by atoms with van der Waals surface area (Å²) in [6.45, 7) is 0.268. The molecular formula is C16H23NO5S. The van der Waals surface area contributed by atoms with Crippen molar-refractivity contribution in [3.05, 3.63) is 35.9 Å². The van der Waals surface area contributed by atoms with Crippen molar-refractivity contribution in [2.75, 3.05) is 26.5 Å². The molecule has 2 rings (SSSR count). The number of hydrogen-bond acceptors (Lipinski definition) is 5. The van der Waals surface area contributed by atoms with Gasteiger partial charge in [0.15, 0.2) is 0 Å². The van der Waals surface area contributed by atoms with Gasteiger partial charge in [0.25, 0.3) is 0 Å². The molecule has 0 radical (unpaired) electrons. The van der Waals surface area contributed by atoms with Crippen LogP contribution >= 0.6 is 0 Å². The van der Waals surface area contributed by atoms with Gasteiger partial charge in [-0.05, 0) is 24.3 Å². The molecule has 1 aromatic rings. The van der Waals surface area contributed by atoms with Crippen molar-refractivity contribution in [1.82, 2.24) is 4.72 Å². The third kappa shape index (κ3) is 5.60. The fourth-order valence-corrected chi connectivity index (χ4v) is 3.87. The Morgan fingerprint density at radius 2 is 2.00 bits per heavy atom. The van der Waals surface area contributed by atoms with E-state index in [0.717, 1.165) is 5.56 Å². The Labute approximate surface area is 137 Å². The highest BCUT2D eigenvalue weighted by molar-refractivity contribution is 7.89. The minimum absolute atomic E-state index is 0.0346. The van der Waals surface area contributed by atoms with Crippen LogP contribution in [0.3, 0.4) is 0 Å². The number of rotatable bonds is 9. The van der Waals surface area contributed by atoms with Crippen molar-refractivity contribution in [1.29, 1.82) is 0 Å². The van der Waals surface area contributed by atoms with Crippen LogP contribution in [0, 0.1) is 11.8 Å². The molecule has 6 nitrogen and oxygen atoms in total. The van der Waals surface area contributed by atoms with E-state index in [1.54, 1.807) is 0 Å². The lowest BCUT2D eigenvalue weighted by Gasteiger charge is -2.16. The van der Waals surface area contributed by atoms with E-state index in [4.69, 9.17) is 4.74 Å². The van der Waals surface area contributed by atoms with E-state index in [0.29, 0.717) is 12.8 Å². The zero-order chi connectivity index (χ0) is 16.9. The molecule has 7 heteroatoms. The maximum Gasteiger partial charge on any atom is 0.308 e. The molecule has 23 heavy (non-hydrogen) atoms. The second-order valence-corrected chi connectivity index (χ2v) is 7.65. The van der Waals surface area contributed by atoms with Gasteiger partial charge in [0, 0.05) is 13.7 Å². The van der Waals surface area contributed by atoms with Gasteiger partial charge in [-0.25, -0.2) is 13.1 Å². The number of carbonyl (C=O) groups excluding carboxylic acids is 1. The molecule has 1 unspecified atom stereocenters. The van der Waals surface area contributed by atoms with E-state index in [-0.39, 0.29) is 30.1 Å². The molecule has 1 aliphatic rings. The van der Waals surface area contributed by atoms with Gasteiger partial charge in [-0.2, -0.15) is 0 Å². The number of hydrogen-bond donors (Lipinski definition) is 1. The van der Waals surface area contributed by atoms with Crippen molar-refractivity contribution in [2.45, 2.75) is 18.9 Å². The third-order valence-corrected chi connectivity index (χ3v) is 5.45. The molecule has 0 aromatic heterocycles. The summed E-state index contributed by atoms with van der Waals surface area (Å²) in [6, 6.07) is 9.62. The van der Waals surface area contributed by atoms with Crippen molar-refractivity contribution < 1.29 is 22.7 Å². The van der Waals surface area contributed by atoms with Crippen molar-refractivity contribution in [2.24, 2.45) is 11.8 Å². The molecule has 1 fully saturated rings. The Balaban J connectivity index is 1.81. The summed E-state index contributed by atoms with van der Waals surface area (Å²) in [5, 5.41) is 0. The molecule has 0 aliphatic heterocycles. The number of nitrogens with one attached hydrogen (secondary N) is 1. The van der Waals surface area contributed by atoms with Gasteiger partial charge < -0.3 is 9.47 Å². The van der Waals surface area contributed by atoms with E-state index < -0.39 is 16.1 Å². The molecule has 1 N–H and O–H groups in total. The summed E-state index contributed by atoms with van der Waals surface area (Å²) in [5.74, 6) is -0.515. The standard InChI is InChI=1S/C16H23NO5S/c1-21-14(8-12-6-4-3-5-7-12)11-23(19,20)17-10-13-9-15(13)16(18)22-2/h3-7,13-15,17H,8-11H2,1-2H3/t13-,14?,15-/m0/s1. The lowest BCUT2D eigenvalue weighted by Crippen LogP contribution is -2.35. The first-order chi connectivity index (χ1) is 10.9. The van der Waals surface area contributed by atoms with Crippen LogP contribution in [0.4, 0.5) is 0 Å². The van der Waals surface area contributed by atoms with Crippen LogP contribution in [-0.2, 0) is 30.7 Å². The summed E-state index contributed by atoms with van der Waals surface area (Å²) in [6.07, 6.45) is 0.796. The van der Waals surface area contributed by atoms with Gasteiger partial charge >= 0.3 is 5.97 Å². The molecule has 0 amide bonds. The maximum atomic E-state index is 12.2. The molecule has 128 valence electrons. The first kappa shape index (κ1) is 17.9. The van der Waals surface area contributed by atoms with Crippen LogP contribution in [0.1, 0.15) is 12.0 Å². The van der Waals surface area contributed by atoms with Gasteiger partial charge in [0.2, 0.25) is 10.0 Å². The summed E-state index contributed by atoms with van der Waals surface area (Å²) in [4.78, 5) is 11.3. The minimum atomic E-state index is -3.45. The number of esters is 1. The highest BCUT2D eigenvalue weighted by atomic mass is 32.2. The summed E-state index contributed by atoms with van der Waals surface area (Å²) in [5.41, 5.74) is 1.03. The SMILES string of the molecule is COC(=O)[C@H]1C[C@H]1CNS(=O)(=O)CC(Cc1ccccc1)OC. The highest BCUT2D eigenvalue weighted by Crippen LogP contribution is 2.38. The average molecular weight is 341 g/mol. The van der Waals surface area contributed by atoms with Gasteiger partial charge in [-0.15, -0.1) is 0 Å². The van der Waals surface area contributed by atoms with Crippen LogP contribution in [0.15, 0.2) is 30.3 Å². The average Bonchev–Trinajstić information content (AvgIpc) is 3.32. The Bertz CT molecular complexity index is 617. The number of benzene rings is 1. The van der Waals surface area contributed by atoms with E-state index >= 15 is 0 Å². The topological polar surface area (TPSA) is 81.7 Å². The second kappa shape index (κ2) is 7.90. The van der Waals surface area contributed by atoms with E-state index in [2.05, 4.69) is 9.46 Å². The van der Waals surface area contributed by atoms with E-state index in [1.165, 1.54) is 14.2 Å². The fourth-order valence-electron chi connectivity index (χ4n) is 2.54. The smallest absolute Gasteiger partial charge is 0.308 e. The zero-order valence-corrected chi connectivity index (χ0v) is 14.2. The Morgan fingerprint density at radius 1 is 1.30 bits per heavy atom. The number of ether oxygens (including phenoxy) is 2. The molecule has 0 heterocycles. The van der Waals surface area contributed by atoms with Gasteiger partial charge in [-0.3, -0.25) is 4.79 Å². The number of sulfonamides is 1. The quantitative estimate of drug-likeness (QED) is 0.677. The van der Waals surface area contributed by atoms with Crippen LogP contribution in [0.5, 0.6) is 0 Å². The van der Waals surface area contributed by atoms with Crippen molar-refractivity contribution in [3.8, 4) is 0 Å². The molecule has 1 aromatic carbocycles. The van der Waals surface area contributed by atoms with Crippen molar-refractivity contribution >= 4 is 16.0 Å². The predicted molar refractivity (Wildman–Crippen MR) is 86.3 cm³/mol. The lowest BCUT2D eigenvalue weighted by molar-refractivity contribution is -0.142. The zero-order valence-electron chi connectivity index (χ0n) is 13.4. The van der Waals surface area contributed by atoms with Crippen LogP contribution in [0.2, 0.25) is 0 Å². The first-order valence-corrected chi connectivity index (χ1v) is 9.22. The van der Waals surface area contributed by atoms with Crippen LogP contribution in [-0.4, -0.2) is 47.0 Å². The molecule has 0 spiro atoms. The normalized spacial score (nSPS) is 21.7. The Morgan fingerprint density at radius 3 is 2.61 bits per heavy atom. The first-order valence-electron chi connectivity index (χ1n) is 7.57. The summed E-state index contributed by atoms with van der Waals surface area (Å²) in [7, 11) is -0.598. The fraction of sp³-hybridized carbons (Fsp3) is 0.562.